The van der Waals surface area contributed by atoms with E-state index in [0.717, 1.165) is 17.9 Å². The van der Waals surface area contributed by atoms with E-state index in [1.165, 1.54) is 12.1 Å². The van der Waals surface area contributed by atoms with Crippen LogP contribution >= 0.6 is 0 Å². The van der Waals surface area contributed by atoms with Gasteiger partial charge in [0.05, 0.1) is 23.1 Å². The fourth-order valence-corrected chi connectivity index (χ4v) is 2.98. The lowest BCUT2D eigenvalue weighted by Crippen LogP contribution is -2.51. The maximum atomic E-state index is 13.1. The molecule has 5 nitrogen and oxygen atoms in total. The van der Waals surface area contributed by atoms with Crippen LogP contribution in [0.3, 0.4) is 0 Å². The summed E-state index contributed by atoms with van der Waals surface area (Å²) in [5, 5.41) is 7.69. The van der Waals surface area contributed by atoms with Crippen molar-refractivity contribution in [2.24, 2.45) is 0 Å². The van der Waals surface area contributed by atoms with Crippen LogP contribution in [0.1, 0.15) is 29.9 Å². The predicted molar refractivity (Wildman–Crippen MR) is 86.3 cm³/mol. The second kappa shape index (κ2) is 6.50. The van der Waals surface area contributed by atoms with Crippen LogP contribution in [0.4, 0.5) is 4.39 Å². The molecule has 6 heteroatoms. The molecule has 0 aliphatic carbocycles. The third kappa shape index (κ3) is 3.12. The first-order valence-electron chi connectivity index (χ1n) is 7.95. The minimum Gasteiger partial charge on any atom is -0.336 e. The second-order valence-electron chi connectivity index (χ2n) is 5.85. The molecule has 1 unspecified atom stereocenters. The molecule has 1 saturated heterocycles. The zero-order valence-corrected chi connectivity index (χ0v) is 13.4. The third-order valence-corrected chi connectivity index (χ3v) is 4.16. The van der Waals surface area contributed by atoms with Crippen molar-refractivity contribution in [3.8, 4) is 5.69 Å². The Hall–Kier alpha value is -2.21. The molecule has 3 rings (SSSR count). The first kappa shape index (κ1) is 15.7. The van der Waals surface area contributed by atoms with Gasteiger partial charge in [-0.3, -0.25) is 4.79 Å². The number of rotatable bonds is 3. The summed E-state index contributed by atoms with van der Waals surface area (Å²) in [5.41, 5.74) is 2.25. The largest absolute Gasteiger partial charge is 0.336 e. The monoisotopic (exact) mass is 316 g/mol. The van der Waals surface area contributed by atoms with Crippen molar-refractivity contribution in [1.82, 2.24) is 20.0 Å². The summed E-state index contributed by atoms with van der Waals surface area (Å²) in [6.45, 7) is 6.27. The highest BCUT2D eigenvalue weighted by atomic mass is 19.1. The summed E-state index contributed by atoms with van der Waals surface area (Å²) < 4.78 is 14.8. The predicted octanol–water partition coefficient (Wildman–Crippen LogP) is 2.01. The van der Waals surface area contributed by atoms with Crippen molar-refractivity contribution >= 4 is 5.91 Å². The Morgan fingerprint density at radius 3 is 2.78 bits per heavy atom. The Balaban J connectivity index is 1.91. The number of amides is 1. The molecule has 1 aliphatic rings. The van der Waals surface area contributed by atoms with Crippen molar-refractivity contribution in [2.45, 2.75) is 26.3 Å². The summed E-state index contributed by atoms with van der Waals surface area (Å²) in [6.07, 6.45) is 2.30. The lowest BCUT2D eigenvalue weighted by molar-refractivity contribution is 0.0708. The van der Waals surface area contributed by atoms with Gasteiger partial charge in [0.2, 0.25) is 0 Å². The summed E-state index contributed by atoms with van der Waals surface area (Å²) in [4.78, 5) is 14.7. The molecule has 1 aromatic carbocycles. The Morgan fingerprint density at radius 1 is 1.39 bits per heavy atom. The maximum absolute atomic E-state index is 13.1. The number of nitrogens with one attached hydrogen (secondary N) is 1. The second-order valence-corrected chi connectivity index (χ2v) is 5.85. The number of carbonyl (C=O) groups excluding carboxylic acids is 1. The van der Waals surface area contributed by atoms with Crippen molar-refractivity contribution in [3.05, 3.63) is 47.5 Å². The lowest BCUT2D eigenvalue weighted by atomic mass is 10.1. The molecule has 1 aliphatic heterocycles. The average Bonchev–Trinajstić information content (AvgIpc) is 2.98. The van der Waals surface area contributed by atoms with E-state index in [1.807, 2.05) is 11.8 Å². The quantitative estimate of drug-likeness (QED) is 0.942. The first-order chi connectivity index (χ1) is 11.1. The Kier molecular flexibility index (Phi) is 4.43. The van der Waals surface area contributed by atoms with Crippen molar-refractivity contribution in [2.75, 3.05) is 19.6 Å². The van der Waals surface area contributed by atoms with Gasteiger partial charge in [-0.2, -0.15) is 5.10 Å². The fraction of sp³-hybridized carbons (Fsp3) is 0.412. The van der Waals surface area contributed by atoms with Gasteiger partial charge in [-0.05, 0) is 37.6 Å². The number of halogens is 1. The van der Waals surface area contributed by atoms with Crippen LogP contribution in [0.5, 0.6) is 0 Å². The number of hydrogen-bond donors (Lipinski definition) is 1. The number of benzene rings is 1. The van der Waals surface area contributed by atoms with E-state index < -0.39 is 0 Å². The van der Waals surface area contributed by atoms with Crippen LogP contribution in [0.2, 0.25) is 0 Å². The van der Waals surface area contributed by atoms with Gasteiger partial charge in [-0.1, -0.05) is 6.92 Å². The highest BCUT2D eigenvalue weighted by Crippen LogP contribution is 2.18. The zero-order chi connectivity index (χ0) is 16.4. The SMILES string of the molecule is CCc1c(C(=O)N2CCNC(C)C2)cnn1-c1ccc(F)cc1. The van der Waals surface area contributed by atoms with Crippen LogP contribution < -0.4 is 5.32 Å². The van der Waals surface area contributed by atoms with E-state index in [0.29, 0.717) is 31.1 Å². The standard InChI is InChI=1S/C17H21FN4O/c1-3-16-15(17(23)21-9-8-19-12(2)11-21)10-20-22(16)14-6-4-13(18)5-7-14/h4-7,10,12,19H,3,8-9,11H2,1-2H3. The van der Waals surface area contributed by atoms with Crippen molar-refractivity contribution < 1.29 is 9.18 Å². The van der Waals surface area contributed by atoms with Gasteiger partial charge in [0.1, 0.15) is 5.82 Å². The molecule has 23 heavy (non-hydrogen) atoms. The number of carbonyl (C=O) groups is 1. The van der Waals surface area contributed by atoms with Crippen LogP contribution in [-0.4, -0.2) is 46.3 Å². The molecule has 122 valence electrons. The molecule has 1 N–H and O–H groups in total. The maximum Gasteiger partial charge on any atom is 0.257 e. The molecule has 0 radical (unpaired) electrons. The Morgan fingerprint density at radius 2 is 2.13 bits per heavy atom. The highest BCUT2D eigenvalue weighted by Gasteiger charge is 2.25. The number of hydrogen-bond acceptors (Lipinski definition) is 3. The Labute approximate surface area is 135 Å². The van der Waals surface area contributed by atoms with Crippen LogP contribution in [0, 0.1) is 5.82 Å². The minimum absolute atomic E-state index is 0.0172. The Bertz CT molecular complexity index is 695. The number of piperazine rings is 1. The van der Waals surface area contributed by atoms with Gasteiger partial charge < -0.3 is 10.2 Å². The van der Waals surface area contributed by atoms with Crippen LogP contribution in [-0.2, 0) is 6.42 Å². The first-order valence-corrected chi connectivity index (χ1v) is 7.95. The lowest BCUT2D eigenvalue weighted by Gasteiger charge is -2.31. The average molecular weight is 316 g/mol. The molecule has 1 atom stereocenters. The fourth-order valence-electron chi connectivity index (χ4n) is 2.98. The third-order valence-electron chi connectivity index (χ3n) is 4.16. The van der Waals surface area contributed by atoms with E-state index >= 15 is 0 Å². The van der Waals surface area contributed by atoms with E-state index in [1.54, 1.807) is 23.0 Å². The summed E-state index contributed by atoms with van der Waals surface area (Å²) in [6, 6.07) is 6.43. The van der Waals surface area contributed by atoms with Crippen LogP contribution in [0.25, 0.3) is 5.69 Å². The van der Waals surface area contributed by atoms with E-state index in [-0.39, 0.29) is 11.7 Å². The van der Waals surface area contributed by atoms with Gasteiger partial charge in [-0.25, -0.2) is 9.07 Å². The molecule has 0 saturated carbocycles. The van der Waals surface area contributed by atoms with Crippen molar-refractivity contribution in [3.63, 3.8) is 0 Å². The molecule has 2 aromatic rings. The molecule has 2 heterocycles. The molecule has 1 aromatic heterocycles. The van der Waals surface area contributed by atoms with Gasteiger partial charge in [-0.15, -0.1) is 0 Å². The smallest absolute Gasteiger partial charge is 0.257 e. The van der Waals surface area contributed by atoms with Gasteiger partial charge in [0.25, 0.3) is 5.91 Å². The number of aromatic nitrogens is 2. The molecular weight excluding hydrogens is 295 g/mol. The summed E-state index contributed by atoms with van der Waals surface area (Å²) in [5.74, 6) is -0.270. The van der Waals surface area contributed by atoms with Crippen LogP contribution in [0.15, 0.2) is 30.5 Å². The van der Waals surface area contributed by atoms with Gasteiger partial charge >= 0.3 is 0 Å². The van der Waals surface area contributed by atoms with Gasteiger partial charge in [0, 0.05) is 25.7 Å². The molecule has 0 bridgehead atoms. The minimum atomic E-state index is -0.287. The van der Waals surface area contributed by atoms with E-state index in [9.17, 15) is 9.18 Å². The zero-order valence-electron chi connectivity index (χ0n) is 13.4. The summed E-state index contributed by atoms with van der Waals surface area (Å²) in [7, 11) is 0. The molecule has 0 spiro atoms. The van der Waals surface area contributed by atoms with Crippen molar-refractivity contribution in [1.29, 1.82) is 0 Å². The van der Waals surface area contributed by atoms with E-state index in [2.05, 4.69) is 17.3 Å². The van der Waals surface area contributed by atoms with E-state index in [4.69, 9.17) is 0 Å². The topological polar surface area (TPSA) is 50.2 Å². The van der Waals surface area contributed by atoms with Gasteiger partial charge in [0.15, 0.2) is 0 Å². The molecule has 1 fully saturated rings. The molecular formula is C17H21FN4O. The normalized spacial score (nSPS) is 18.2. The number of nitrogens with zero attached hydrogens (tertiary/aromatic N) is 3. The highest BCUT2D eigenvalue weighted by molar-refractivity contribution is 5.95. The summed E-state index contributed by atoms with van der Waals surface area (Å²) >= 11 is 0. The molecule has 1 amide bonds.